The number of nitrogens with one attached hydrogen (secondary N) is 2. The molecule has 0 saturated carbocycles. The maximum absolute atomic E-state index is 13.1. The highest BCUT2D eigenvalue weighted by atomic mass is 19.4. The average molecular weight is 464 g/mol. The van der Waals surface area contributed by atoms with Gasteiger partial charge in [-0.15, -0.1) is 0 Å². The number of ether oxygens (including phenoxy) is 1. The molecule has 1 fully saturated rings. The molecule has 2 amide bonds. The fraction of sp³-hybridized carbons (Fsp3) is 0.348. The molecule has 10 heteroatoms. The Morgan fingerprint density at radius 1 is 1.15 bits per heavy atom. The van der Waals surface area contributed by atoms with Crippen molar-refractivity contribution < 1.29 is 37.4 Å². The third-order valence-corrected chi connectivity index (χ3v) is 5.71. The minimum Gasteiger partial charge on any atom is -0.508 e. The molecule has 3 rings (SSSR count). The van der Waals surface area contributed by atoms with E-state index in [2.05, 4.69) is 10.6 Å². The summed E-state index contributed by atoms with van der Waals surface area (Å²) in [4.78, 5) is 38.1. The summed E-state index contributed by atoms with van der Waals surface area (Å²) in [5, 5.41) is 14.6. The third kappa shape index (κ3) is 5.51. The molecule has 0 radical (unpaired) electrons. The van der Waals surface area contributed by atoms with Gasteiger partial charge in [-0.1, -0.05) is 12.1 Å². The number of hydrogen-bond acceptors (Lipinski definition) is 5. The second kappa shape index (κ2) is 9.22. The SMILES string of the molecule is CC1OCC(=O)C1(C)NC(=O)C(Cc1ccc(O)cc1)NC(=O)c1ccc(C(F)(F)F)cc1. The van der Waals surface area contributed by atoms with Crippen LogP contribution in [0.2, 0.25) is 0 Å². The van der Waals surface area contributed by atoms with Crippen molar-refractivity contribution in [1.29, 1.82) is 0 Å². The second-order valence-electron chi connectivity index (χ2n) is 8.04. The van der Waals surface area contributed by atoms with Crippen molar-refractivity contribution in [3.05, 3.63) is 65.2 Å². The van der Waals surface area contributed by atoms with Crippen LogP contribution in [0.5, 0.6) is 5.75 Å². The second-order valence-corrected chi connectivity index (χ2v) is 8.04. The van der Waals surface area contributed by atoms with E-state index in [0.717, 1.165) is 24.3 Å². The predicted molar refractivity (Wildman–Crippen MR) is 111 cm³/mol. The molecule has 33 heavy (non-hydrogen) atoms. The van der Waals surface area contributed by atoms with Crippen LogP contribution >= 0.6 is 0 Å². The first-order chi connectivity index (χ1) is 15.4. The normalized spacial score (nSPS) is 21.5. The van der Waals surface area contributed by atoms with Crippen LogP contribution in [-0.4, -0.2) is 47.0 Å². The van der Waals surface area contributed by atoms with Crippen molar-refractivity contribution in [3.63, 3.8) is 0 Å². The highest BCUT2D eigenvalue weighted by Gasteiger charge is 2.47. The fourth-order valence-electron chi connectivity index (χ4n) is 3.39. The molecule has 0 aliphatic carbocycles. The zero-order valence-corrected chi connectivity index (χ0v) is 17.9. The largest absolute Gasteiger partial charge is 0.508 e. The van der Waals surface area contributed by atoms with Crippen molar-refractivity contribution in [2.24, 2.45) is 0 Å². The number of phenols is 1. The van der Waals surface area contributed by atoms with Crippen LogP contribution in [-0.2, 0) is 26.9 Å². The standard InChI is InChI=1S/C23H23F3N2O5/c1-13-22(2,19(30)12-33-13)28-21(32)18(11-14-3-9-17(29)10-4-14)27-20(31)15-5-7-16(8-6-15)23(24,25)26/h3-10,13,18,29H,11-12H2,1-2H3,(H,27,31)(H,28,32). The van der Waals surface area contributed by atoms with Gasteiger partial charge in [0.1, 0.15) is 23.9 Å². The Hall–Kier alpha value is -3.40. The number of aromatic hydroxyl groups is 1. The lowest BCUT2D eigenvalue weighted by molar-refractivity contribution is -0.137. The summed E-state index contributed by atoms with van der Waals surface area (Å²) in [6.07, 6.45) is -5.12. The number of benzene rings is 2. The Kier molecular flexibility index (Phi) is 6.78. The molecule has 0 spiro atoms. The van der Waals surface area contributed by atoms with Gasteiger partial charge in [-0.25, -0.2) is 0 Å². The lowest BCUT2D eigenvalue weighted by Crippen LogP contribution is -2.60. The van der Waals surface area contributed by atoms with Crippen LogP contribution in [0.15, 0.2) is 48.5 Å². The first-order valence-electron chi connectivity index (χ1n) is 10.1. The zero-order valence-electron chi connectivity index (χ0n) is 17.9. The van der Waals surface area contributed by atoms with Crippen LogP contribution in [0, 0.1) is 0 Å². The quantitative estimate of drug-likeness (QED) is 0.610. The van der Waals surface area contributed by atoms with Crippen LogP contribution < -0.4 is 10.6 Å². The lowest BCUT2D eigenvalue weighted by atomic mass is 9.92. The molecule has 3 atom stereocenters. The summed E-state index contributed by atoms with van der Waals surface area (Å²) in [5.74, 6) is -1.71. The van der Waals surface area contributed by atoms with Gasteiger partial charge in [-0.2, -0.15) is 13.2 Å². The van der Waals surface area contributed by atoms with E-state index < -0.39 is 41.2 Å². The van der Waals surface area contributed by atoms with Gasteiger partial charge in [0.2, 0.25) is 5.91 Å². The van der Waals surface area contributed by atoms with Crippen molar-refractivity contribution >= 4 is 17.6 Å². The van der Waals surface area contributed by atoms with Gasteiger partial charge in [0.15, 0.2) is 5.78 Å². The Bertz CT molecular complexity index is 1040. The number of alkyl halides is 3. The van der Waals surface area contributed by atoms with Gasteiger partial charge in [-0.05, 0) is 55.8 Å². The summed E-state index contributed by atoms with van der Waals surface area (Å²) in [5.41, 5.74) is -1.65. The van der Waals surface area contributed by atoms with E-state index in [-0.39, 0.29) is 30.1 Å². The van der Waals surface area contributed by atoms with Gasteiger partial charge in [0.05, 0.1) is 11.7 Å². The number of amides is 2. The monoisotopic (exact) mass is 464 g/mol. The van der Waals surface area contributed by atoms with Gasteiger partial charge < -0.3 is 20.5 Å². The Morgan fingerprint density at radius 2 is 1.76 bits per heavy atom. The van der Waals surface area contributed by atoms with E-state index in [1.165, 1.54) is 19.1 Å². The van der Waals surface area contributed by atoms with Crippen molar-refractivity contribution in [3.8, 4) is 5.75 Å². The number of Topliss-reactive ketones (excluding diaryl/α,β-unsaturated/α-hetero) is 1. The number of rotatable bonds is 6. The van der Waals surface area contributed by atoms with E-state index in [9.17, 15) is 32.7 Å². The highest BCUT2D eigenvalue weighted by Crippen LogP contribution is 2.29. The van der Waals surface area contributed by atoms with E-state index in [0.29, 0.717) is 5.56 Å². The molecule has 2 aromatic rings. The molecule has 1 heterocycles. The molecule has 3 N–H and O–H groups in total. The summed E-state index contributed by atoms with van der Waals surface area (Å²) < 4.78 is 43.7. The molecule has 7 nitrogen and oxygen atoms in total. The van der Waals surface area contributed by atoms with Crippen molar-refractivity contribution in [1.82, 2.24) is 10.6 Å². The molecule has 1 aliphatic rings. The van der Waals surface area contributed by atoms with Crippen LogP contribution in [0.25, 0.3) is 0 Å². The maximum atomic E-state index is 13.1. The molecule has 3 unspecified atom stereocenters. The number of hydrogen-bond donors (Lipinski definition) is 3. The molecular weight excluding hydrogens is 441 g/mol. The summed E-state index contributed by atoms with van der Waals surface area (Å²) >= 11 is 0. The Morgan fingerprint density at radius 3 is 2.27 bits per heavy atom. The van der Waals surface area contributed by atoms with E-state index in [4.69, 9.17) is 4.74 Å². The lowest BCUT2D eigenvalue weighted by Gasteiger charge is -2.30. The molecular formula is C23H23F3N2O5. The average Bonchev–Trinajstić information content (AvgIpc) is 3.01. The van der Waals surface area contributed by atoms with Gasteiger partial charge in [-0.3, -0.25) is 14.4 Å². The Balaban J connectivity index is 1.82. The topological polar surface area (TPSA) is 105 Å². The number of halogens is 3. The zero-order chi connectivity index (χ0) is 24.4. The number of carbonyl (C=O) groups is 3. The van der Waals surface area contributed by atoms with E-state index in [1.54, 1.807) is 19.1 Å². The summed E-state index contributed by atoms with van der Waals surface area (Å²) in [6, 6.07) is 8.41. The smallest absolute Gasteiger partial charge is 0.416 e. The van der Waals surface area contributed by atoms with E-state index in [1.807, 2.05) is 0 Å². The number of ketones is 1. The van der Waals surface area contributed by atoms with Gasteiger partial charge in [0.25, 0.3) is 5.91 Å². The first-order valence-corrected chi connectivity index (χ1v) is 10.1. The van der Waals surface area contributed by atoms with Gasteiger partial charge >= 0.3 is 6.18 Å². The predicted octanol–water partition coefficient (Wildman–Crippen LogP) is 2.61. The van der Waals surface area contributed by atoms with E-state index >= 15 is 0 Å². The fourth-order valence-corrected chi connectivity index (χ4v) is 3.39. The number of carbonyl (C=O) groups excluding carboxylic acids is 3. The summed E-state index contributed by atoms with van der Waals surface area (Å²) in [7, 11) is 0. The maximum Gasteiger partial charge on any atom is 0.416 e. The number of phenolic OH excluding ortho intramolecular Hbond substituents is 1. The highest BCUT2D eigenvalue weighted by molar-refractivity contribution is 6.00. The molecule has 2 aromatic carbocycles. The van der Waals surface area contributed by atoms with Crippen LogP contribution in [0.4, 0.5) is 13.2 Å². The molecule has 1 aliphatic heterocycles. The minimum absolute atomic E-state index is 0.0119. The molecule has 0 bridgehead atoms. The molecule has 1 saturated heterocycles. The van der Waals surface area contributed by atoms with Crippen molar-refractivity contribution in [2.75, 3.05) is 6.61 Å². The third-order valence-electron chi connectivity index (χ3n) is 5.71. The van der Waals surface area contributed by atoms with Crippen molar-refractivity contribution in [2.45, 2.75) is 44.1 Å². The minimum atomic E-state index is -4.54. The summed E-state index contributed by atoms with van der Waals surface area (Å²) in [6.45, 7) is 3.01. The van der Waals surface area contributed by atoms with Crippen LogP contribution in [0.1, 0.15) is 35.3 Å². The molecule has 0 aromatic heterocycles. The van der Waals surface area contributed by atoms with Crippen LogP contribution in [0.3, 0.4) is 0 Å². The molecule has 176 valence electrons. The van der Waals surface area contributed by atoms with Gasteiger partial charge in [0, 0.05) is 12.0 Å². The Labute approximate surface area is 187 Å². The first kappa shape index (κ1) is 24.2.